The SMILES string of the molecule is CCC(C)(C)C1CCC2(CC1)N=C(c1cccc(C(F)(F)F)c1)C(=O)N2[C@H](CCC(C)(C)C)c1ccc(C(=O)NCC2=NNNN2)cc1. The molecule has 2 heterocycles. The molecule has 0 saturated heterocycles. The first-order valence-corrected chi connectivity index (χ1v) is 16.8. The van der Waals surface area contributed by atoms with Gasteiger partial charge in [-0.3, -0.25) is 20.0 Å². The molecule has 1 atom stereocenters. The van der Waals surface area contributed by atoms with Crippen LogP contribution in [0.3, 0.4) is 0 Å². The highest BCUT2D eigenvalue weighted by molar-refractivity contribution is 6.46. The number of nitrogens with one attached hydrogen (secondary N) is 4. The highest BCUT2D eigenvalue weighted by Crippen LogP contribution is 2.51. The Morgan fingerprint density at radius 1 is 1.06 bits per heavy atom. The zero-order valence-electron chi connectivity index (χ0n) is 28.7. The summed E-state index contributed by atoms with van der Waals surface area (Å²) in [5.74, 6) is 0.356. The molecule has 4 N–H and O–H groups in total. The van der Waals surface area contributed by atoms with Crippen LogP contribution in [-0.2, 0) is 11.0 Å². The van der Waals surface area contributed by atoms with E-state index in [0.717, 1.165) is 43.4 Å². The molecule has 1 spiro atoms. The van der Waals surface area contributed by atoms with Crippen LogP contribution in [0, 0.1) is 16.7 Å². The van der Waals surface area contributed by atoms with Crippen LogP contribution >= 0.6 is 0 Å². The average Bonchev–Trinajstić information content (AvgIpc) is 3.66. The molecule has 1 saturated carbocycles. The van der Waals surface area contributed by atoms with Crippen LogP contribution in [0.25, 0.3) is 0 Å². The molecule has 48 heavy (non-hydrogen) atoms. The van der Waals surface area contributed by atoms with Gasteiger partial charge in [0.1, 0.15) is 11.4 Å². The molecule has 2 aromatic carbocycles. The third-order valence-corrected chi connectivity index (χ3v) is 10.4. The number of hydrazone groups is 1. The van der Waals surface area contributed by atoms with Gasteiger partial charge in [-0.25, -0.2) is 5.53 Å². The fraction of sp³-hybridized carbons (Fsp3) is 0.556. The Labute approximate surface area is 281 Å². The van der Waals surface area contributed by atoms with Gasteiger partial charge in [0.25, 0.3) is 11.8 Å². The molecule has 5 rings (SSSR count). The monoisotopic (exact) mass is 667 g/mol. The summed E-state index contributed by atoms with van der Waals surface area (Å²) in [7, 11) is 0. The van der Waals surface area contributed by atoms with E-state index in [-0.39, 0.29) is 40.5 Å². The van der Waals surface area contributed by atoms with Crippen molar-refractivity contribution in [3.63, 3.8) is 0 Å². The van der Waals surface area contributed by atoms with Crippen molar-refractivity contribution in [2.75, 3.05) is 6.54 Å². The number of carbonyl (C=O) groups is 2. The second-order valence-corrected chi connectivity index (χ2v) is 15.2. The summed E-state index contributed by atoms with van der Waals surface area (Å²) in [5, 5.41) is 6.79. The van der Waals surface area contributed by atoms with Crippen molar-refractivity contribution in [1.29, 1.82) is 0 Å². The zero-order chi connectivity index (χ0) is 34.9. The van der Waals surface area contributed by atoms with Crippen LogP contribution < -0.4 is 21.8 Å². The van der Waals surface area contributed by atoms with Crippen LogP contribution in [-0.4, -0.2) is 40.5 Å². The van der Waals surface area contributed by atoms with Crippen LogP contribution in [0.15, 0.2) is 58.6 Å². The number of carbonyl (C=O) groups excluding carboxylic acids is 2. The summed E-state index contributed by atoms with van der Waals surface area (Å²) < 4.78 is 41.3. The van der Waals surface area contributed by atoms with Crippen molar-refractivity contribution in [2.45, 2.75) is 104 Å². The van der Waals surface area contributed by atoms with Gasteiger partial charge in [-0.1, -0.05) is 72.2 Å². The molecule has 260 valence electrons. The molecule has 2 aromatic rings. The second-order valence-electron chi connectivity index (χ2n) is 15.2. The van der Waals surface area contributed by atoms with Gasteiger partial charge in [0.05, 0.1) is 18.2 Å². The van der Waals surface area contributed by atoms with Crippen LogP contribution in [0.5, 0.6) is 0 Å². The first-order chi connectivity index (χ1) is 22.5. The van der Waals surface area contributed by atoms with E-state index in [2.05, 4.69) is 68.5 Å². The molecular formula is C36H48F3N7O2. The summed E-state index contributed by atoms with van der Waals surface area (Å²) in [5.41, 5.74) is 7.94. The molecule has 0 aromatic heterocycles. The molecule has 0 unspecified atom stereocenters. The predicted octanol–water partition coefficient (Wildman–Crippen LogP) is 6.88. The number of hydrazine groups is 2. The lowest BCUT2D eigenvalue weighted by Gasteiger charge is -2.48. The third kappa shape index (κ3) is 7.69. The van der Waals surface area contributed by atoms with Crippen molar-refractivity contribution in [2.24, 2.45) is 26.8 Å². The topological polar surface area (TPSA) is 110 Å². The Bertz CT molecular complexity index is 1550. The molecule has 2 amide bonds. The van der Waals surface area contributed by atoms with Gasteiger partial charge in [0, 0.05) is 11.1 Å². The molecule has 12 heteroatoms. The number of amides is 2. The van der Waals surface area contributed by atoms with Gasteiger partial charge in [-0.05, 0) is 85.1 Å². The fourth-order valence-corrected chi connectivity index (χ4v) is 7.02. The number of aliphatic imine (C=N–C) groups is 1. The third-order valence-electron chi connectivity index (χ3n) is 10.4. The average molecular weight is 668 g/mol. The minimum atomic E-state index is -4.54. The number of alkyl halides is 3. The Hall–Kier alpha value is -3.93. The first kappa shape index (κ1) is 35.4. The Kier molecular flexibility index (Phi) is 9.97. The molecule has 2 aliphatic heterocycles. The smallest absolute Gasteiger partial charge is 0.345 e. The lowest BCUT2D eigenvalue weighted by Crippen LogP contribution is -2.51. The molecule has 1 fully saturated rings. The van der Waals surface area contributed by atoms with Gasteiger partial charge >= 0.3 is 6.18 Å². The molecule has 0 radical (unpaired) electrons. The van der Waals surface area contributed by atoms with E-state index in [1.165, 1.54) is 6.07 Å². The quantitative estimate of drug-likeness (QED) is 0.221. The maximum atomic E-state index is 14.6. The molecule has 9 nitrogen and oxygen atoms in total. The van der Waals surface area contributed by atoms with Crippen LogP contribution in [0.4, 0.5) is 13.2 Å². The highest BCUT2D eigenvalue weighted by Gasteiger charge is 2.53. The summed E-state index contributed by atoms with van der Waals surface area (Å²) in [4.78, 5) is 34.5. The summed E-state index contributed by atoms with van der Waals surface area (Å²) in [6, 6.07) is 11.8. The van der Waals surface area contributed by atoms with Crippen molar-refractivity contribution >= 4 is 23.4 Å². The van der Waals surface area contributed by atoms with Gasteiger partial charge in [0.2, 0.25) is 0 Å². The van der Waals surface area contributed by atoms with E-state index in [9.17, 15) is 22.8 Å². The number of halogens is 3. The second kappa shape index (κ2) is 13.5. The first-order valence-electron chi connectivity index (χ1n) is 16.8. The zero-order valence-corrected chi connectivity index (χ0v) is 28.7. The summed E-state index contributed by atoms with van der Waals surface area (Å²) in [6.45, 7) is 13.4. The highest BCUT2D eigenvalue weighted by atomic mass is 19.4. The van der Waals surface area contributed by atoms with E-state index < -0.39 is 23.4 Å². The maximum Gasteiger partial charge on any atom is 0.416 e. The summed E-state index contributed by atoms with van der Waals surface area (Å²) in [6.07, 6.45) is 0.883. The number of nitrogens with zero attached hydrogens (tertiary/aromatic N) is 3. The van der Waals surface area contributed by atoms with E-state index in [1.54, 1.807) is 18.2 Å². The van der Waals surface area contributed by atoms with Gasteiger partial charge < -0.3 is 10.2 Å². The Balaban J connectivity index is 1.52. The largest absolute Gasteiger partial charge is 0.416 e. The van der Waals surface area contributed by atoms with E-state index >= 15 is 0 Å². The van der Waals surface area contributed by atoms with Gasteiger partial charge in [-0.2, -0.15) is 13.2 Å². The minimum Gasteiger partial charge on any atom is -0.345 e. The Morgan fingerprint density at radius 2 is 1.75 bits per heavy atom. The van der Waals surface area contributed by atoms with Crippen molar-refractivity contribution in [1.82, 2.24) is 26.7 Å². The molecule has 0 bridgehead atoms. The van der Waals surface area contributed by atoms with Crippen molar-refractivity contribution < 1.29 is 22.8 Å². The molecule has 3 aliphatic rings. The van der Waals surface area contributed by atoms with E-state index in [1.807, 2.05) is 17.0 Å². The number of benzene rings is 2. The number of hydrogen-bond donors (Lipinski definition) is 4. The maximum absolute atomic E-state index is 14.6. The number of hydrogen-bond acceptors (Lipinski definition) is 7. The van der Waals surface area contributed by atoms with Gasteiger partial charge in [0.15, 0.2) is 5.84 Å². The standard InChI is InChI=1S/C36H48F3N7O2/c1-7-34(5,6)26-15-19-35(20-16-26)41-30(25-9-8-10-27(21-25)36(37,38)39)32(48)46(35)28(17-18-33(2,3)4)23-11-13-24(14-12-23)31(47)40-22-29-42-44-45-43-29/h8-14,21,26,28,44-45H,7,15-20,22H2,1-6H3,(H,40,47)(H,42,43)/t26?,28-,35?/m1/s1. The molecular weight excluding hydrogens is 619 g/mol. The Morgan fingerprint density at radius 3 is 2.33 bits per heavy atom. The number of amidine groups is 1. The lowest BCUT2D eigenvalue weighted by molar-refractivity contribution is -0.138. The summed E-state index contributed by atoms with van der Waals surface area (Å²) >= 11 is 0. The van der Waals surface area contributed by atoms with Gasteiger partial charge in [-0.15, -0.1) is 10.6 Å². The normalized spacial score (nSPS) is 22.2. The van der Waals surface area contributed by atoms with Crippen molar-refractivity contribution in [3.05, 3.63) is 70.8 Å². The van der Waals surface area contributed by atoms with E-state index in [0.29, 0.717) is 36.6 Å². The minimum absolute atomic E-state index is 0.0394. The fourth-order valence-electron chi connectivity index (χ4n) is 7.02. The predicted molar refractivity (Wildman–Crippen MR) is 181 cm³/mol. The van der Waals surface area contributed by atoms with Crippen LogP contribution in [0.1, 0.15) is 120 Å². The molecule has 1 aliphatic carbocycles. The van der Waals surface area contributed by atoms with E-state index in [4.69, 9.17) is 4.99 Å². The number of rotatable bonds is 10. The van der Waals surface area contributed by atoms with Crippen molar-refractivity contribution in [3.8, 4) is 0 Å². The van der Waals surface area contributed by atoms with Crippen LogP contribution in [0.2, 0.25) is 0 Å². The lowest BCUT2D eigenvalue weighted by atomic mass is 9.67.